The van der Waals surface area contributed by atoms with Gasteiger partial charge in [-0.05, 0) is 61.2 Å². The molecular formula is C20H23N3O5S. The number of amides is 2. The second-order valence-corrected chi connectivity index (χ2v) is 8.32. The summed E-state index contributed by atoms with van der Waals surface area (Å²) in [4.78, 5) is 24.3. The van der Waals surface area contributed by atoms with Crippen molar-refractivity contribution >= 4 is 27.5 Å². The van der Waals surface area contributed by atoms with Gasteiger partial charge in [-0.15, -0.1) is 0 Å². The molecule has 2 aromatic rings. The summed E-state index contributed by atoms with van der Waals surface area (Å²) in [5, 5.41) is 10.7. The van der Waals surface area contributed by atoms with Crippen molar-refractivity contribution in [3.05, 3.63) is 59.7 Å². The van der Waals surface area contributed by atoms with Gasteiger partial charge in [0.1, 0.15) is 6.10 Å². The van der Waals surface area contributed by atoms with Crippen LogP contribution in [0, 0.1) is 0 Å². The number of carbonyl (C=O) groups excluding carboxylic acids is 2. The van der Waals surface area contributed by atoms with E-state index in [4.69, 9.17) is 9.88 Å². The van der Waals surface area contributed by atoms with Crippen molar-refractivity contribution < 1.29 is 22.7 Å². The third kappa shape index (κ3) is 5.86. The molecule has 29 heavy (non-hydrogen) atoms. The van der Waals surface area contributed by atoms with Crippen LogP contribution in [-0.4, -0.2) is 39.5 Å². The number of carbonyl (C=O) groups is 2. The first-order valence-electron chi connectivity index (χ1n) is 9.25. The van der Waals surface area contributed by atoms with Crippen LogP contribution in [-0.2, 0) is 26.0 Å². The fraction of sp³-hybridized carbons (Fsp3) is 0.300. The molecular weight excluding hydrogens is 394 g/mol. The van der Waals surface area contributed by atoms with Gasteiger partial charge in [-0.25, -0.2) is 13.6 Å². The summed E-state index contributed by atoms with van der Waals surface area (Å²) in [6.45, 7) is 0.999. The fourth-order valence-electron chi connectivity index (χ4n) is 2.98. The fourth-order valence-corrected chi connectivity index (χ4v) is 3.50. The molecule has 2 amide bonds. The molecule has 2 aromatic carbocycles. The number of sulfonamides is 1. The molecule has 1 atom stereocenters. The van der Waals surface area contributed by atoms with Crippen molar-refractivity contribution in [1.82, 2.24) is 5.32 Å². The highest BCUT2D eigenvalue weighted by molar-refractivity contribution is 7.89. The lowest BCUT2D eigenvalue weighted by molar-refractivity contribution is -0.124. The molecule has 0 saturated carbocycles. The van der Waals surface area contributed by atoms with Crippen molar-refractivity contribution in [2.75, 3.05) is 18.5 Å². The van der Waals surface area contributed by atoms with Crippen LogP contribution in [0.3, 0.4) is 0 Å². The maximum absolute atomic E-state index is 12.2. The summed E-state index contributed by atoms with van der Waals surface area (Å²) in [6, 6.07) is 12.8. The standard InChI is InChI=1S/C20H23N3O5S/c21-29(26,27)17-9-3-14(4-10-17)11-12-22-19(24)15-5-7-16(8-6-15)23-20(25)18-2-1-13-28-18/h3-10,18H,1-2,11-13H2,(H,22,24)(H,23,25)(H2,21,26,27). The molecule has 8 nitrogen and oxygen atoms in total. The van der Waals surface area contributed by atoms with E-state index in [-0.39, 0.29) is 16.7 Å². The number of ether oxygens (including phenoxy) is 1. The predicted octanol–water partition coefficient (Wildman–Crippen LogP) is 1.42. The highest BCUT2D eigenvalue weighted by Crippen LogP contribution is 2.16. The summed E-state index contributed by atoms with van der Waals surface area (Å²) < 4.78 is 27.8. The lowest BCUT2D eigenvalue weighted by atomic mass is 10.1. The van der Waals surface area contributed by atoms with Crippen LogP contribution >= 0.6 is 0 Å². The second-order valence-electron chi connectivity index (χ2n) is 6.76. The minimum Gasteiger partial charge on any atom is -0.368 e. The molecule has 1 aliphatic rings. The van der Waals surface area contributed by atoms with Crippen LogP contribution in [0.4, 0.5) is 5.69 Å². The minimum absolute atomic E-state index is 0.0527. The maximum atomic E-state index is 12.2. The largest absolute Gasteiger partial charge is 0.368 e. The molecule has 1 unspecified atom stereocenters. The second kappa shape index (κ2) is 9.17. The number of rotatable bonds is 7. The molecule has 0 spiro atoms. The Labute approximate surface area is 169 Å². The predicted molar refractivity (Wildman–Crippen MR) is 108 cm³/mol. The monoisotopic (exact) mass is 417 g/mol. The molecule has 9 heteroatoms. The first-order chi connectivity index (χ1) is 13.8. The van der Waals surface area contributed by atoms with Gasteiger partial charge in [-0.3, -0.25) is 9.59 Å². The molecule has 4 N–H and O–H groups in total. The van der Waals surface area contributed by atoms with Crippen LogP contribution < -0.4 is 15.8 Å². The molecule has 154 valence electrons. The number of anilines is 1. The third-order valence-corrected chi connectivity index (χ3v) is 5.52. The zero-order valence-electron chi connectivity index (χ0n) is 15.8. The SMILES string of the molecule is NS(=O)(=O)c1ccc(CCNC(=O)c2ccc(NC(=O)C3CCCO3)cc2)cc1. The van der Waals surface area contributed by atoms with Crippen LogP contribution in [0.1, 0.15) is 28.8 Å². The van der Waals surface area contributed by atoms with Gasteiger partial charge < -0.3 is 15.4 Å². The lowest BCUT2D eigenvalue weighted by Gasteiger charge is -2.11. The van der Waals surface area contributed by atoms with Crippen molar-refractivity contribution in [2.24, 2.45) is 5.14 Å². The summed E-state index contributed by atoms with van der Waals surface area (Å²) in [5.41, 5.74) is 1.96. The Morgan fingerprint density at radius 1 is 1.07 bits per heavy atom. The molecule has 0 radical (unpaired) electrons. The first-order valence-corrected chi connectivity index (χ1v) is 10.8. The molecule has 1 heterocycles. The zero-order chi connectivity index (χ0) is 20.9. The summed E-state index contributed by atoms with van der Waals surface area (Å²) >= 11 is 0. The van der Waals surface area contributed by atoms with Gasteiger partial charge in [0.2, 0.25) is 10.0 Å². The molecule has 1 fully saturated rings. The van der Waals surface area contributed by atoms with Gasteiger partial charge in [0, 0.05) is 24.4 Å². The van der Waals surface area contributed by atoms with Gasteiger partial charge >= 0.3 is 0 Å². The van der Waals surface area contributed by atoms with E-state index in [1.54, 1.807) is 36.4 Å². The number of hydrogen-bond acceptors (Lipinski definition) is 5. The average Bonchev–Trinajstić information content (AvgIpc) is 3.23. The number of hydrogen-bond donors (Lipinski definition) is 3. The molecule has 1 aliphatic heterocycles. The molecule has 0 aliphatic carbocycles. The van der Waals surface area contributed by atoms with E-state index < -0.39 is 16.1 Å². The Kier molecular flexibility index (Phi) is 6.63. The Balaban J connectivity index is 1.47. The van der Waals surface area contributed by atoms with Crippen molar-refractivity contribution in [1.29, 1.82) is 0 Å². The minimum atomic E-state index is -3.71. The Morgan fingerprint density at radius 2 is 1.76 bits per heavy atom. The zero-order valence-corrected chi connectivity index (χ0v) is 16.6. The number of nitrogens with two attached hydrogens (primary N) is 1. The van der Waals surface area contributed by atoms with Gasteiger partial charge in [0.25, 0.3) is 11.8 Å². The van der Waals surface area contributed by atoms with Crippen LogP contribution in [0.25, 0.3) is 0 Å². The van der Waals surface area contributed by atoms with Gasteiger partial charge in [0.15, 0.2) is 0 Å². The van der Waals surface area contributed by atoms with Crippen molar-refractivity contribution in [2.45, 2.75) is 30.3 Å². The highest BCUT2D eigenvalue weighted by atomic mass is 32.2. The molecule has 0 aromatic heterocycles. The van der Waals surface area contributed by atoms with E-state index in [0.717, 1.165) is 18.4 Å². The van der Waals surface area contributed by atoms with E-state index >= 15 is 0 Å². The van der Waals surface area contributed by atoms with Crippen LogP contribution in [0.5, 0.6) is 0 Å². The van der Waals surface area contributed by atoms with Crippen LogP contribution in [0.2, 0.25) is 0 Å². The Morgan fingerprint density at radius 3 is 2.34 bits per heavy atom. The van der Waals surface area contributed by atoms with Crippen molar-refractivity contribution in [3.63, 3.8) is 0 Å². The smallest absolute Gasteiger partial charge is 0.253 e. The summed E-state index contributed by atoms with van der Waals surface area (Å²) in [6.07, 6.45) is 1.74. The van der Waals surface area contributed by atoms with Gasteiger partial charge in [-0.1, -0.05) is 12.1 Å². The Bertz CT molecular complexity index is 966. The van der Waals surface area contributed by atoms with E-state index in [2.05, 4.69) is 10.6 Å². The summed E-state index contributed by atoms with van der Waals surface area (Å²) in [5.74, 6) is -0.406. The lowest BCUT2D eigenvalue weighted by Crippen LogP contribution is -2.27. The Hall–Kier alpha value is -2.75. The topological polar surface area (TPSA) is 128 Å². The highest BCUT2D eigenvalue weighted by Gasteiger charge is 2.23. The van der Waals surface area contributed by atoms with Gasteiger partial charge in [-0.2, -0.15) is 0 Å². The third-order valence-electron chi connectivity index (χ3n) is 4.59. The van der Waals surface area contributed by atoms with E-state index in [0.29, 0.717) is 30.8 Å². The van der Waals surface area contributed by atoms with Crippen molar-refractivity contribution in [3.8, 4) is 0 Å². The molecule has 3 rings (SSSR count). The average molecular weight is 417 g/mol. The number of benzene rings is 2. The number of primary sulfonamides is 1. The molecule has 1 saturated heterocycles. The summed E-state index contributed by atoms with van der Waals surface area (Å²) in [7, 11) is -3.71. The maximum Gasteiger partial charge on any atom is 0.253 e. The van der Waals surface area contributed by atoms with E-state index in [9.17, 15) is 18.0 Å². The van der Waals surface area contributed by atoms with E-state index in [1.165, 1.54) is 12.1 Å². The van der Waals surface area contributed by atoms with E-state index in [1.807, 2.05) is 0 Å². The van der Waals surface area contributed by atoms with Gasteiger partial charge in [0.05, 0.1) is 4.90 Å². The van der Waals surface area contributed by atoms with Crippen LogP contribution in [0.15, 0.2) is 53.4 Å². The quantitative estimate of drug-likeness (QED) is 0.628. The first kappa shape index (κ1) is 21.0. The normalized spacial score (nSPS) is 16.4. The number of nitrogens with one attached hydrogen (secondary N) is 2. The molecule has 0 bridgehead atoms.